The zero-order valence-electron chi connectivity index (χ0n) is 15.9. The lowest BCUT2D eigenvalue weighted by Crippen LogP contribution is -2.46. The third-order valence-corrected chi connectivity index (χ3v) is 5.27. The van der Waals surface area contributed by atoms with E-state index >= 15 is 0 Å². The van der Waals surface area contributed by atoms with E-state index in [0.29, 0.717) is 26.4 Å². The van der Waals surface area contributed by atoms with Crippen LogP contribution in [-0.4, -0.2) is 69.5 Å². The molecule has 0 radical (unpaired) electrons. The summed E-state index contributed by atoms with van der Waals surface area (Å²) in [6.45, 7) is 6.76. The maximum Gasteiger partial charge on any atom is 0.237 e. The molecule has 2 heterocycles. The van der Waals surface area contributed by atoms with Crippen molar-refractivity contribution in [3.8, 4) is 5.75 Å². The molecule has 0 saturated carbocycles. The summed E-state index contributed by atoms with van der Waals surface area (Å²) in [4.78, 5) is 14.7. The van der Waals surface area contributed by atoms with Crippen LogP contribution in [0.5, 0.6) is 5.75 Å². The SMILES string of the molecule is NC(C(=O)NCc1ccccc1OCCN1CCOCC1)C1CCOCC1. The van der Waals surface area contributed by atoms with Gasteiger partial charge in [-0.3, -0.25) is 9.69 Å². The Morgan fingerprint density at radius 3 is 2.67 bits per heavy atom. The van der Waals surface area contributed by atoms with E-state index in [0.717, 1.165) is 57.0 Å². The number of morpholine rings is 1. The van der Waals surface area contributed by atoms with E-state index in [1.807, 2.05) is 24.3 Å². The van der Waals surface area contributed by atoms with Gasteiger partial charge in [-0.1, -0.05) is 18.2 Å². The number of carbonyl (C=O) groups is 1. The molecular weight excluding hydrogens is 346 g/mol. The lowest BCUT2D eigenvalue weighted by molar-refractivity contribution is -0.124. The normalized spacial score (nSPS) is 20.2. The zero-order valence-corrected chi connectivity index (χ0v) is 15.9. The molecule has 2 aliphatic heterocycles. The van der Waals surface area contributed by atoms with Crippen molar-refractivity contribution in [2.45, 2.75) is 25.4 Å². The molecule has 2 aliphatic rings. The largest absolute Gasteiger partial charge is 0.492 e. The van der Waals surface area contributed by atoms with Crippen LogP contribution in [0.3, 0.4) is 0 Å². The smallest absolute Gasteiger partial charge is 0.237 e. The van der Waals surface area contributed by atoms with Gasteiger partial charge in [0, 0.05) is 45.0 Å². The molecule has 2 fully saturated rings. The average Bonchev–Trinajstić information content (AvgIpc) is 2.73. The standard InChI is InChI=1S/C20H31N3O4/c21-19(16-5-10-25-11-6-16)20(24)22-15-17-3-1-2-4-18(17)27-14-9-23-7-12-26-13-8-23/h1-4,16,19H,5-15,21H2,(H,22,24). The quantitative estimate of drug-likeness (QED) is 0.696. The first-order valence-electron chi connectivity index (χ1n) is 9.86. The highest BCUT2D eigenvalue weighted by Crippen LogP contribution is 2.20. The van der Waals surface area contributed by atoms with Crippen LogP contribution in [0, 0.1) is 5.92 Å². The fourth-order valence-corrected chi connectivity index (χ4v) is 3.49. The van der Waals surface area contributed by atoms with Crippen molar-refractivity contribution in [3.63, 3.8) is 0 Å². The predicted molar refractivity (Wildman–Crippen MR) is 103 cm³/mol. The molecular formula is C20H31N3O4. The van der Waals surface area contributed by atoms with Crippen LogP contribution in [0.2, 0.25) is 0 Å². The van der Waals surface area contributed by atoms with Crippen molar-refractivity contribution in [3.05, 3.63) is 29.8 Å². The van der Waals surface area contributed by atoms with Crippen LogP contribution in [0.15, 0.2) is 24.3 Å². The van der Waals surface area contributed by atoms with Crippen LogP contribution in [-0.2, 0) is 20.8 Å². The number of hydrogen-bond donors (Lipinski definition) is 2. The molecule has 1 aromatic rings. The minimum absolute atomic E-state index is 0.106. The summed E-state index contributed by atoms with van der Waals surface area (Å²) < 4.78 is 16.7. The number of amides is 1. The number of nitrogens with one attached hydrogen (secondary N) is 1. The van der Waals surface area contributed by atoms with Crippen molar-refractivity contribution >= 4 is 5.91 Å². The molecule has 2 saturated heterocycles. The fourth-order valence-electron chi connectivity index (χ4n) is 3.49. The second-order valence-electron chi connectivity index (χ2n) is 7.10. The van der Waals surface area contributed by atoms with Gasteiger partial charge in [-0.2, -0.15) is 0 Å². The van der Waals surface area contributed by atoms with Crippen LogP contribution >= 0.6 is 0 Å². The third-order valence-electron chi connectivity index (χ3n) is 5.27. The van der Waals surface area contributed by atoms with E-state index in [-0.39, 0.29) is 11.8 Å². The highest BCUT2D eigenvalue weighted by molar-refractivity contribution is 5.81. The number of para-hydroxylation sites is 1. The van der Waals surface area contributed by atoms with E-state index in [9.17, 15) is 4.79 Å². The molecule has 0 aliphatic carbocycles. The minimum atomic E-state index is -0.483. The topological polar surface area (TPSA) is 86.1 Å². The maximum absolute atomic E-state index is 12.4. The van der Waals surface area contributed by atoms with E-state index in [1.165, 1.54) is 0 Å². The Morgan fingerprint density at radius 2 is 1.89 bits per heavy atom. The first-order valence-corrected chi connectivity index (χ1v) is 9.86. The Morgan fingerprint density at radius 1 is 1.19 bits per heavy atom. The van der Waals surface area contributed by atoms with Gasteiger partial charge in [0.2, 0.25) is 5.91 Å². The molecule has 1 aromatic carbocycles. The Bertz CT molecular complexity index is 586. The van der Waals surface area contributed by atoms with Gasteiger partial charge in [0.05, 0.1) is 19.3 Å². The van der Waals surface area contributed by atoms with Gasteiger partial charge in [-0.25, -0.2) is 0 Å². The summed E-state index contributed by atoms with van der Waals surface area (Å²) in [7, 11) is 0. The monoisotopic (exact) mass is 377 g/mol. The van der Waals surface area contributed by atoms with E-state index < -0.39 is 6.04 Å². The van der Waals surface area contributed by atoms with Gasteiger partial charge >= 0.3 is 0 Å². The summed E-state index contributed by atoms with van der Waals surface area (Å²) in [5.41, 5.74) is 7.11. The molecule has 150 valence electrons. The Balaban J connectivity index is 1.45. The Hall–Kier alpha value is -1.67. The molecule has 1 unspecified atom stereocenters. The Kier molecular flexibility index (Phi) is 7.89. The average molecular weight is 377 g/mol. The number of hydrogen-bond acceptors (Lipinski definition) is 6. The molecule has 1 atom stereocenters. The molecule has 3 rings (SSSR count). The van der Waals surface area contributed by atoms with E-state index in [2.05, 4.69) is 10.2 Å². The van der Waals surface area contributed by atoms with Crippen LogP contribution < -0.4 is 15.8 Å². The van der Waals surface area contributed by atoms with Crippen LogP contribution in [0.25, 0.3) is 0 Å². The van der Waals surface area contributed by atoms with Gasteiger partial charge in [0.1, 0.15) is 12.4 Å². The molecule has 7 heteroatoms. The number of nitrogens with zero attached hydrogens (tertiary/aromatic N) is 1. The van der Waals surface area contributed by atoms with Crippen molar-refractivity contribution in [2.24, 2.45) is 11.7 Å². The second kappa shape index (κ2) is 10.6. The number of carbonyl (C=O) groups excluding carboxylic acids is 1. The first kappa shape index (κ1) is 20.1. The number of rotatable bonds is 8. The minimum Gasteiger partial charge on any atom is -0.492 e. The molecule has 27 heavy (non-hydrogen) atoms. The number of ether oxygens (including phenoxy) is 3. The van der Waals surface area contributed by atoms with Crippen LogP contribution in [0.1, 0.15) is 18.4 Å². The van der Waals surface area contributed by atoms with Crippen LogP contribution in [0.4, 0.5) is 0 Å². The van der Waals surface area contributed by atoms with Gasteiger partial charge < -0.3 is 25.3 Å². The summed E-state index contributed by atoms with van der Waals surface area (Å²) in [5.74, 6) is 0.898. The fraction of sp³-hybridized carbons (Fsp3) is 0.650. The van der Waals surface area contributed by atoms with Gasteiger partial charge in [-0.05, 0) is 24.8 Å². The molecule has 3 N–H and O–H groups in total. The van der Waals surface area contributed by atoms with E-state index in [4.69, 9.17) is 19.9 Å². The van der Waals surface area contributed by atoms with Crippen molar-refractivity contribution in [1.82, 2.24) is 10.2 Å². The number of benzene rings is 1. The third kappa shape index (κ3) is 6.17. The lowest BCUT2D eigenvalue weighted by atomic mass is 9.92. The van der Waals surface area contributed by atoms with Gasteiger partial charge in [0.25, 0.3) is 0 Å². The molecule has 7 nitrogen and oxygen atoms in total. The Labute approximate surface area is 161 Å². The second-order valence-corrected chi connectivity index (χ2v) is 7.10. The lowest BCUT2D eigenvalue weighted by Gasteiger charge is -2.27. The highest BCUT2D eigenvalue weighted by Gasteiger charge is 2.26. The highest BCUT2D eigenvalue weighted by atomic mass is 16.5. The first-order chi connectivity index (χ1) is 13.2. The predicted octanol–water partition coefficient (Wildman–Crippen LogP) is 0.768. The molecule has 0 aromatic heterocycles. The van der Waals surface area contributed by atoms with Crippen molar-refractivity contribution in [1.29, 1.82) is 0 Å². The van der Waals surface area contributed by atoms with Gasteiger partial charge in [-0.15, -0.1) is 0 Å². The molecule has 0 spiro atoms. The van der Waals surface area contributed by atoms with Crippen molar-refractivity contribution < 1.29 is 19.0 Å². The summed E-state index contributed by atoms with van der Waals surface area (Å²) in [6.07, 6.45) is 1.69. The zero-order chi connectivity index (χ0) is 18.9. The summed E-state index contributed by atoms with van der Waals surface area (Å²) in [6, 6.07) is 7.34. The van der Waals surface area contributed by atoms with Crippen molar-refractivity contribution in [2.75, 3.05) is 52.7 Å². The maximum atomic E-state index is 12.4. The number of nitrogens with two attached hydrogens (primary N) is 1. The summed E-state index contributed by atoms with van der Waals surface area (Å²) >= 11 is 0. The van der Waals surface area contributed by atoms with Gasteiger partial charge in [0.15, 0.2) is 0 Å². The van der Waals surface area contributed by atoms with E-state index in [1.54, 1.807) is 0 Å². The summed E-state index contributed by atoms with van der Waals surface area (Å²) in [5, 5.41) is 2.96. The molecule has 1 amide bonds. The molecule has 0 bridgehead atoms.